The van der Waals surface area contributed by atoms with E-state index in [9.17, 15) is 0 Å². The Bertz CT molecular complexity index is 580. The standard InChI is InChI=1S/C15H15N5/c1-3-7-13(8-4-1)17-15(20-12-11-16-19-20)18-14-9-5-2-6-10-14/h1-12,15,17-18H. The number of hydrogen-bond acceptors (Lipinski definition) is 4. The van der Waals surface area contributed by atoms with E-state index in [1.54, 1.807) is 10.9 Å². The lowest BCUT2D eigenvalue weighted by atomic mass is 10.3. The molecule has 100 valence electrons. The number of nitrogens with zero attached hydrogens (tertiary/aromatic N) is 3. The number of rotatable bonds is 5. The molecule has 0 radical (unpaired) electrons. The van der Waals surface area contributed by atoms with Gasteiger partial charge < -0.3 is 10.6 Å². The molecule has 0 unspecified atom stereocenters. The zero-order valence-corrected chi connectivity index (χ0v) is 10.8. The molecule has 20 heavy (non-hydrogen) atoms. The maximum absolute atomic E-state index is 4.05. The van der Waals surface area contributed by atoms with Crippen molar-refractivity contribution < 1.29 is 0 Å². The molecule has 0 bridgehead atoms. The lowest BCUT2D eigenvalue weighted by molar-refractivity contribution is 0.537. The molecular formula is C15H15N5. The molecule has 0 amide bonds. The first-order valence-corrected chi connectivity index (χ1v) is 6.41. The van der Waals surface area contributed by atoms with Gasteiger partial charge in [-0.15, -0.1) is 5.10 Å². The molecule has 0 aliphatic heterocycles. The minimum atomic E-state index is -0.206. The van der Waals surface area contributed by atoms with Gasteiger partial charge in [-0.25, -0.2) is 4.68 Å². The van der Waals surface area contributed by atoms with Crippen LogP contribution in [0.5, 0.6) is 0 Å². The summed E-state index contributed by atoms with van der Waals surface area (Å²) < 4.78 is 1.74. The fourth-order valence-corrected chi connectivity index (χ4v) is 1.91. The Kier molecular flexibility index (Phi) is 3.59. The predicted octanol–water partition coefficient (Wildman–Crippen LogP) is 2.96. The van der Waals surface area contributed by atoms with Crippen molar-refractivity contribution in [3.63, 3.8) is 0 Å². The molecule has 3 rings (SSSR count). The number of para-hydroxylation sites is 2. The zero-order valence-electron chi connectivity index (χ0n) is 10.8. The van der Waals surface area contributed by atoms with E-state index < -0.39 is 0 Å². The summed E-state index contributed by atoms with van der Waals surface area (Å²) in [4.78, 5) is 0. The third-order valence-electron chi connectivity index (χ3n) is 2.86. The smallest absolute Gasteiger partial charge is 0.197 e. The van der Waals surface area contributed by atoms with E-state index in [2.05, 4.69) is 20.9 Å². The molecule has 5 heteroatoms. The van der Waals surface area contributed by atoms with E-state index in [-0.39, 0.29) is 6.29 Å². The number of anilines is 2. The maximum Gasteiger partial charge on any atom is 0.197 e. The quantitative estimate of drug-likeness (QED) is 0.696. The molecule has 2 aromatic carbocycles. The monoisotopic (exact) mass is 265 g/mol. The van der Waals surface area contributed by atoms with E-state index in [1.807, 2.05) is 66.9 Å². The molecule has 2 N–H and O–H groups in total. The molecule has 0 aliphatic carbocycles. The van der Waals surface area contributed by atoms with Crippen molar-refractivity contribution in [3.8, 4) is 0 Å². The summed E-state index contributed by atoms with van der Waals surface area (Å²) in [6, 6.07) is 20.0. The van der Waals surface area contributed by atoms with Gasteiger partial charge in [0.15, 0.2) is 6.29 Å². The fourth-order valence-electron chi connectivity index (χ4n) is 1.91. The summed E-state index contributed by atoms with van der Waals surface area (Å²) in [6.07, 6.45) is 3.27. The van der Waals surface area contributed by atoms with Crippen LogP contribution in [0.15, 0.2) is 73.1 Å². The molecule has 1 aromatic heterocycles. The van der Waals surface area contributed by atoms with Crippen LogP contribution in [0.25, 0.3) is 0 Å². The largest absolute Gasteiger partial charge is 0.347 e. The van der Waals surface area contributed by atoms with Crippen molar-refractivity contribution in [2.75, 3.05) is 10.6 Å². The third-order valence-corrected chi connectivity index (χ3v) is 2.86. The van der Waals surface area contributed by atoms with Gasteiger partial charge in [-0.1, -0.05) is 41.6 Å². The Morgan fingerprint density at radius 2 is 1.35 bits per heavy atom. The van der Waals surface area contributed by atoms with Crippen molar-refractivity contribution in [2.24, 2.45) is 0 Å². The predicted molar refractivity (Wildman–Crippen MR) is 79.2 cm³/mol. The Balaban J connectivity index is 1.81. The van der Waals surface area contributed by atoms with E-state index in [0.29, 0.717) is 0 Å². The Labute approximate surface area is 117 Å². The molecule has 0 fully saturated rings. The summed E-state index contributed by atoms with van der Waals surface area (Å²) in [6.45, 7) is 0. The average molecular weight is 265 g/mol. The maximum atomic E-state index is 4.05. The molecule has 0 aliphatic rings. The Morgan fingerprint density at radius 3 is 1.80 bits per heavy atom. The van der Waals surface area contributed by atoms with Gasteiger partial charge in [0.2, 0.25) is 0 Å². The first kappa shape index (κ1) is 12.2. The van der Waals surface area contributed by atoms with Gasteiger partial charge in [0.05, 0.1) is 6.20 Å². The fraction of sp³-hybridized carbons (Fsp3) is 0.0667. The van der Waals surface area contributed by atoms with Gasteiger partial charge in [-0.2, -0.15) is 0 Å². The number of nitrogens with one attached hydrogen (secondary N) is 2. The molecule has 0 saturated carbocycles. The van der Waals surface area contributed by atoms with Crippen LogP contribution in [0.4, 0.5) is 11.4 Å². The molecule has 0 atom stereocenters. The highest BCUT2D eigenvalue weighted by Gasteiger charge is 2.10. The van der Waals surface area contributed by atoms with Crippen LogP contribution in [0.2, 0.25) is 0 Å². The van der Waals surface area contributed by atoms with Crippen LogP contribution in [0.3, 0.4) is 0 Å². The van der Waals surface area contributed by atoms with E-state index in [0.717, 1.165) is 11.4 Å². The van der Waals surface area contributed by atoms with Crippen molar-refractivity contribution in [2.45, 2.75) is 6.29 Å². The summed E-state index contributed by atoms with van der Waals surface area (Å²) in [5, 5.41) is 14.7. The lowest BCUT2D eigenvalue weighted by Crippen LogP contribution is -2.26. The van der Waals surface area contributed by atoms with Crippen LogP contribution in [0.1, 0.15) is 6.29 Å². The van der Waals surface area contributed by atoms with Crippen molar-refractivity contribution >= 4 is 11.4 Å². The highest BCUT2D eigenvalue weighted by Crippen LogP contribution is 2.16. The van der Waals surface area contributed by atoms with Gasteiger partial charge in [-0.05, 0) is 24.3 Å². The topological polar surface area (TPSA) is 54.8 Å². The van der Waals surface area contributed by atoms with E-state index >= 15 is 0 Å². The Hall–Kier alpha value is -2.82. The van der Waals surface area contributed by atoms with Gasteiger partial charge in [0.25, 0.3) is 0 Å². The van der Waals surface area contributed by atoms with E-state index in [1.165, 1.54) is 0 Å². The molecule has 1 heterocycles. The molecule has 0 saturated heterocycles. The number of hydrogen-bond donors (Lipinski definition) is 2. The molecular weight excluding hydrogens is 250 g/mol. The van der Waals surface area contributed by atoms with Crippen LogP contribution in [-0.2, 0) is 0 Å². The minimum Gasteiger partial charge on any atom is -0.347 e. The van der Waals surface area contributed by atoms with Gasteiger partial charge in [0.1, 0.15) is 0 Å². The highest BCUT2D eigenvalue weighted by molar-refractivity contribution is 5.48. The second kappa shape index (κ2) is 5.88. The van der Waals surface area contributed by atoms with Crippen LogP contribution >= 0.6 is 0 Å². The van der Waals surface area contributed by atoms with Gasteiger partial charge in [-0.3, -0.25) is 0 Å². The first-order chi connectivity index (χ1) is 9.92. The Morgan fingerprint density at radius 1 is 0.800 bits per heavy atom. The first-order valence-electron chi connectivity index (χ1n) is 6.41. The van der Waals surface area contributed by atoms with Crippen LogP contribution < -0.4 is 10.6 Å². The average Bonchev–Trinajstić information content (AvgIpc) is 3.03. The van der Waals surface area contributed by atoms with Crippen molar-refractivity contribution in [3.05, 3.63) is 73.1 Å². The van der Waals surface area contributed by atoms with Crippen LogP contribution in [-0.4, -0.2) is 15.0 Å². The van der Waals surface area contributed by atoms with Gasteiger partial charge >= 0.3 is 0 Å². The number of benzene rings is 2. The normalized spacial score (nSPS) is 10.4. The zero-order chi connectivity index (χ0) is 13.6. The summed E-state index contributed by atoms with van der Waals surface area (Å²) >= 11 is 0. The third kappa shape index (κ3) is 2.95. The van der Waals surface area contributed by atoms with Crippen molar-refractivity contribution in [1.82, 2.24) is 15.0 Å². The highest BCUT2D eigenvalue weighted by atomic mass is 15.5. The molecule has 5 nitrogen and oxygen atoms in total. The van der Waals surface area contributed by atoms with E-state index in [4.69, 9.17) is 0 Å². The second-order valence-electron chi connectivity index (χ2n) is 4.31. The summed E-state index contributed by atoms with van der Waals surface area (Å²) in [5.41, 5.74) is 2.02. The second-order valence-corrected chi connectivity index (χ2v) is 4.31. The SMILES string of the molecule is c1ccc(NC(Nc2ccccc2)n2ccnn2)cc1. The summed E-state index contributed by atoms with van der Waals surface area (Å²) in [7, 11) is 0. The summed E-state index contributed by atoms with van der Waals surface area (Å²) in [5.74, 6) is 0. The molecule has 3 aromatic rings. The lowest BCUT2D eigenvalue weighted by Gasteiger charge is -2.22. The van der Waals surface area contributed by atoms with Gasteiger partial charge in [0, 0.05) is 17.6 Å². The van der Waals surface area contributed by atoms with Crippen molar-refractivity contribution in [1.29, 1.82) is 0 Å². The minimum absolute atomic E-state index is 0.206. The number of aromatic nitrogens is 3. The van der Waals surface area contributed by atoms with Crippen LogP contribution in [0, 0.1) is 0 Å². The molecule has 0 spiro atoms.